The van der Waals surface area contributed by atoms with E-state index in [1.54, 1.807) is 12.3 Å². The molecule has 132 valence electrons. The van der Waals surface area contributed by atoms with Crippen molar-refractivity contribution >= 4 is 32.5 Å². The van der Waals surface area contributed by atoms with Crippen molar-refractivity contribution in [2.75, 3.05) is 11.8 Å². The Morgan fingerprint density at radius 2 is 2.00 bits per heavy atom. The van der Waals surface area contributed by atoms with E-state index in [4.69, 9.17) is 5.26 Å². The maximum Gasteiger partial charge on any atom is 0.262 e. The zero-order valence-corrected chi connectivity index (χ0v) is 14.9. The van der Waals surface area contributed by atoms with Crippen molar-refractivity contribution in [1.29, 1.82) is 5.26 Å². The molecule has 0 saturated heterocycles. The fraction of sp³-hybridized carbons (Fsp3) is 0.111. The van der Waals surface area contributed by atoms with Crippen LogP contribution >= 0.6 is 0 Å². The van der Waals surface area contributed by atoms with Gasteiger partial charge in [0.15, 0.2) is 0 Å². The molecule has 26 heavy (non-hydrogen) atoms. The van der Waals surface area contributed by atoms with Gasteiger partial charge in [0.05, 0.1) is 27.7 Å². The van der Waals surface area contributed by atoms with Crippen LogP contribution in [0.3, 0.4) is 0 Å². The van der Waals surface area contributed by atoms with Crippen LogP contribution in [-0.2, 0) is 10.0 Å². The average Bonchev–Trinajstić information content (AvgIpc) is 3.03. The number of aromatic nitrogens is 1. The summed E-state index contributed by atoms with van der Waals surface area (Å²) in [5, 5.41) is 12.2. The molecule has 7 nitrogen and oxygen atoms in total. The molecule has 0 aliphatic heterocycles. The molecule has 3 aromatic rings. The Hall–Kier alpha value is -3.31. The van der Waals surface area contributed by atoms with Gasteiger partial charge >= 0.3 is 0 Å². The third kappa shape index (κ3) is 3.00. The van der Waals surface area contributed by atoms with Gasteiger partial charge in [-0.1, -0.05) is 6.07 Å². The SMILES string of the molecule is CNC(=O)c1ccc(NS(=O)(=O)c2cccc(C#N)c2)c2[nH]cc(C)c12. The normalized spacial score (nSPS) is 11.1. The summed E-state index contributed by atoms with van der Waals surface area (Å²) in [4.78, 5) is 15.1. The smallest absolute Gasteiger partial charge is 0.262 e. The summed E-state index contributed by atoms with van der Waals surface area (Å²) in [7, 11) is -2.35. The number of nitriles is 1. The molecule has 0 atom stereocenters. The number of hydrogen-bond acceptors (Lipinski definition) is 4. The Labute approximate surface area is 150 Å². The van der Waals surface area contributed by atoms with Crippen LogP contribution in [0.25, 0.3) is 10.9 Å². The number of anilines is 1. The molecule has 0 unspecified atom stereocenters. The lowest BCUT2D eigenvalue weighted by atomic mass is 10.1. The number of carbonyl (C=O) groups is 1. The van der Waals surface area contributed by atoms with E-state index in [1.165, 1.54) is 37.4 Å². The van der Waals surface area contributed by atoms with E-state index in [2.05, 4.69) is 15.0 Å². The fourth-order valence-electron chi connectivity index (χ4n) is 2.76. The molecule has 0 aliphatic carbocycles. The second-order valence-corrected chi connectivity index (χ2v) is 7.39. The first kappa shape index (κ1) is 17.5. The topological polar surface area (TPSA) is 115 Å². The largest absolute Gasteiger partial charge is 0.359 e. The Kier molecular flexibility index (Phi) is 4.40. The van der Waals surface area contributed by atoms with Gasteiger partial charge < -0.3 is 10.3 Å². The van der Waals surface area contributed by atoms with Crippen molar-refractivity contribution in [3.63, 3.8) is 0 Å². The molecule has 3 N–H and O–H groups in total. The zero-order chi connectivity index (χ0) is 18.9. The number of fused-ring (bicyclic) bond motifs is 1. The lowest BCUT2D eigenvalue weighted by Crippen LogP contribution is -2.18. The molecule has 1 amide bonds. The summed E-state index contributed by atoms with van der Waals surface area (Å²) in [6, 6.07) is 10.8. The van der Waals surface area contributed by atoms with Gasteiger partial charge in [0.2, 0.25) is 0 Å². The first-order valence-electron chi connectivity index (χ1n) is 7.73. The number of nitrogens with one attached hydrogen (secondary N) is 3. The number of amides is 1. The highest BCUT2D eigenvalue weighted by Gasteiger charge is 2.20. The second-order valence-electron chi connectivity index (χ2n) is 5.71. The van der Waals surface area contributed by atoms with Crippen molar-refractivity contribution in [1.82, 2.24) is 10.3 Å². The quantitative estimate of drug-likeness (QED) is 0.656. The summed E-state index contributed by atoms with van der Waals surface area (Å²) < 4.78 is 27.9. The number of benzene rings is 2. The van der Waals surface area contributed by atoms with Gasteiger partial charge in [-0.05, 0) is 42.8 Å². The van der Waals surface area contributed by atoms with Crippen LogP contribution in [0.2, 0.25) is 0 Å². The Balaban J connectivity index is 2.10. The van der Waals surface area contributed by atoms with E-state index >= 15 is 0 Å². The van der Waals surface area contributed by atoms with E-state index in [-0.39, 0.29) is 16.4 Å². The molecular formula is C18H16N4O3S. The summed E-state index contributed by atoms with van der Waals surface area (Å²) in [5.41, 5.74) is 2.37. The minimum absolute atomic E-state index is 0.0108. The summed E-state index contributed by atoms with van der Waals surface area (Å²) >= 11 is 0. The van der Waals surface area contributed by atoms with Crippen molar-refractivity contribution in [3.05, 3.63) is 59.3 Å². The Morgan fingerprint density at radius 3 is 2.69 bits per heavy atom. The number of sulfonamides is 1. The number of carbonyl (C=O) groups excluding carboxylic acids is 1. The molecule has 0 radical (unpaired) electrons. The van der Waals surface area contributed by atoms with Gasteiger partial charge in [-0.25, -0.2) is 8.42 Å². The molecule has 0 aliphatic rings. The van der Waals surface area contributed by atoms with Gasteiger partial charge in [0, 0.05) is 24.2 Å². The Morgan fingerprint density at radius 1 is 1.23 bits per heavy atom. The maximum atomic E-state index is 12.7. The van der Waals surface area contributed by atoms with E-state index < -0.39 is 10.0 Å². The van der Waals surface area contributed by atoms with E-state index in [9.17, 15) is 13.2 Å². The predicted molar refractivity (Wildman–Crippen MR) is 98.4 cm³/mol. The molecule has 1 aromatic heterocycles. The lowest BCUT2D eigenvalue weighted by Gasteiger charge is -2.11. The minimum Gasteiger partial charge on any atom is -0.359 e. The first-order valence-corrected chi connectivity index (χ1v) is 9.21. The number of H-pyrrole nitrogens is 1. The third-order valence-electron chi connectivity index (χ3n) is 4.02. The van der Waals surface area contributed by atoms with E-state index in [1.807, 2.05) is 13.0 Å². The molecule has 0 fully saturated rings. The van der Waals surface area contributed by atoms with Gasteiger partial charge in [-0.3, -0.25) is 9.52 Å². The minimum atomic E-state index is -3.89. The third-order valence-corrected chi connectivity index (χ3v) is 5.39. The van der Waals surface area contributed by atoms with Crippen LogP contribution in [0, 0.1) is 18.3 Å². The van der Waals surface area contributed by atoms with Crippen molar-refractivity contribution < 1.29 is 13.2 Å². The van der Waals surface area contributed by atoms with E-state index in [0.717, 1.165) is 5.56 Å². The van der Waals surface area contributed by atoms with Crippen LogP contribution in [0.15, 0.2) is 47.5 Å². The monoisotopic (exact) mass is 368 g/mol. The Bertz CT molecular complexity index is 1160. The molecular weight excluding hydrogens is 352 g/mol. The van der Waals surface area contributed by atoms with Crippen molar-refractivity contribution in [2.45, 2.75) is 11.8 Å². The number of aryl methyl sites for hydroxylation is 1. The van der Waals surface area contributed by atoms with Crippen molar-refractivity contribution in [3.8, 4) is 6.07 Å². The van der Waals surface area contributed by atoms with Gasteiger partial charge in [-0.15, -0.1) is 0 Å². The zero-order valence-electron chi connectivity index (χ0n) is 14.1. The average molecular weight is 368 g/mol. The van der Waals surface area contributed by atoms with Crippen LogP contribution in [-0.4, -0.2) is 26.4 Å². The van der Waals surface area contributed by atoms with Gasteiger partial charge in [0.1, 0.15) is 0 Å². The summed E-state index contributed by atoms with van der Waals surface area (Å²) in [5.74, 6) is -0.256. The number of rotatable bonds is 4. The molecule has 0 spiro atoms. The van der Waals surface area contributed by atoms with Crippen LogP contribution < -0.4 is 10.0 Å². The molecule has 8 heteroatoms. The van der Waals surface area contributed by atoms with Gasteiger partial charge in [0.25, 0.3) is 15.9 Å². The second kappa shape index (κ2) is 6.54. The number of hydrogen-bond donors (Lipinski definition) is 3. The molecule has 2 aromatic carbocycles. The predicted octanol–water partition coefficient (Wildman–Crippen LogP) is 2.51. The summed E-state index contributed by atoms with van der Waals surface area (Å²) in [6.07, 6.45) is 1.71. The standard InChI is InChI=1S/C18H16N4O3S/c1-11-10-21-17-15(7-6-14(16(11)17)18(23)20-2)22-26(24,25)13-5-3-4-12(8-13)9-19/h3-8,10,21-22H,1-2H3,(H,20,23). The molecule has 0 bridgehead atoms. The maximum absolute atomic E-state index is 12.7. The fourth-order valence-corrected chi connectivity index (χ4v) is 3.88. The lowest BCUT2D eigenvalue weighted by molar-refractivity contribution is 0.0964. The van der Waals surface area contributed by atoms with Crippen LogP contribution in [0.5, 0.6) is 0 Å². The highest BCUT2D eigenvalue weighted by Crippen LogP contribution is 2.30. The van der Waals surface area contributed by atoms with E-state index in [0.29, 0.717) is 22.2 Å². The molecule has 1 heterocycles. The first-order chi connectivity index (χ1) is 12.4. The number of nitrogens with zero attached hydrogens (tertiary/aromatic N) is 1. The van der Waals surface area contributed by atoms with Crippen LogP contribution in [0.4, 0.5) is 5.69 Å². The number of aromatic amines is 1. The van der Waals surface area contributed by atoms with Crippen LogP contribution in [0.1, 0.15) is 21.5 Å². The highest BCUT2D eigenvalue weighted by molar-refractivity contribution is 7.92. The molecule has 3 rings (SSSR count). The molecule has 0 saturated carbocycles. The summed E-state index contributed by atoms with van der Waals surface area (Å²) in [6.45, 7) is 1.83. The highest BCUT2D eigenvalue weighted by atomic mass is 32.2. The van der Waals surface area contributed by atoms with Crippen molar-refractivity contribution in [2.24, 2.45) is 0 Å². The van der Waals surface area contributed by atoms with Gasteiger partial charge in [-0.2, -0.15) is 5.26 Å².